The molecule has 1 aromatic carbocycles. The third kappa shape index (κ3) is 4.63. The lowest BCUT2D eigenvalue weighted by atomic mass is 10.2. The molecule has 5 nitrogen and oxygen atoms in total. The average Bonchev–Trinajstić information content (AvgIpc) is 2.94. The van der Waals surface area contributed by atoms with Gasteiger partial charge in [-0.3, -0.25) is 0 Å². The molecule has 0 saturated heterocycles. The second-order valence-electron chi connectivity index (χ2n) is 4.46. The zero-order valence-corrected chi connectivity index (χ0v) is 13.2. The van der Waals surface area contributed by atoms with Crippen molar-refractivity contribution in [2.24, 2.45) is 0 Å². The Labute approximate surface area is 128 Å². The largest absolute Gasteiger partial charge is 0.248 e. The molecule has 110 valence electrons. The first-order chi connectivity index (χ1) is 10.0. The summed E-state index contributed by atoms with van der Waals surface area (Å²) in [4.78, 5) is 5.31. The van der Waals surface area contributed by atoms with Gasteiger partial charge >= 0.3 is 0 Å². The van der Waals surface area contributed by atoms with Gasteiger partial charge in [0.1, 0.15) is 5.01 Å². The Morgan fingerprint density at radius 2 is 2.05 bits per heavy atom. The highest BCUT2D eigenvalue weighted by molar-refractivity contribution is 7.88. The minimum Gasteiger partial charge on any atom is -0.248 e. The van der Waals surface area contributed by atoms with Gasteiger partial charge in [0.15, 0.2) is 0 Å². The van der Waals surface area contributed by atoms with Crippen molar-refractivity contribution in [3.63, 3.8) is 0 Å². The molecule has 1 aromatic heterocycles. The maximum Gasteiger partial charge on any atom is 0.216 e. The van der Waals surface area contributed by atoms with Crippen molar-refractivity contribution in [2.75, 3.05) is 0 Å². The van der Waals surface area contributed by atoms with Crippen molar-refractivity contribution in [1.29, 1.82) is 5.26 Å². The molecule has 21 heavy (non-hydrogen) atoms. The Morgan fingerprint density at radius 1 is 1.33 bits per heavy atom. The van der Waals surface area contributed by atoms with Crippen LogP contribution in [0, 0.1) is 11.3 Å². The molecule has 0 spiro atoms. The molecule has 2 rings (SSSR count). The van der Waals surface area contributed by atoms with Gasteiger partial charge in [0.05, 0.1) is 23.9 Å². The fraction of sp³-hybridized carbons (Fsp3) is 0.286. The lowest BCUT2D eigenvalue weighted by molar-refractivity contribution is 0.580. The van der Waals surface area contributed by atoms with Gasteiger partial charge < -0.3 is 0 Å². The first-order valence-electron chi connectivity index (χ1n) is 6.42. The summed E-state index contributed by atoms with van der Waals surface area (Å²) >= 11 is 1.51. The number of nitriles is 1. The number of benzene rings is 1. The SMILES string of the molecule is CCc1cnc(CNS(=O)(=O)Cc2ccc(C#N)cc2)s1. The van der Waals surface area contributed by atoms with Crippen LogP contribution in [0.2, 0.25) is 0 Å². The van der Waals surface area contributed by atoms with Crippen LogP contribution >= 0.6 is 11.3 Å². The second kappa shape index (κ2) is 6.80. The van der Waals surface area contributed by atoms with Crippen molar-refractivity contribution >= 4 is 21.4 Å². The smallest absolute Gasteiger partial charge is 0.216 e. The molecule has 1 N–H and O–H groups in total. The third-order valence-electron chi connectivity index (χ3n) is 2.83. The van der Waals surface area contributed by atoms with E-state index in [9.17, 15) is 8.42 Å². The van der Waals surface area contributed by atoms with Crippen LogP contribution in [0.4, 0.5) is 0 Å². The molecule has 0 amide bonds. The molecular formula is C14H15N3O2S2. The van der Waals surface area contributed by atoms with E-state index < -0.39 is 10.0 Å². The van der Waals surface area contributed by atoms with E-state index in [4.69, 9.17) is 5.26 Å². The minimum atomic E-state index is -3.42. The van der Waals surface area contributed by atoms with Crippen molar-refractivity contribution in [3.05, 3.63) is 51.5 Å². The number of hydrogen-bond donors (Lipinski definition) is 1. The summed E-state index contributed by atoms with van der Waals surface area (Å²) in [6.45, 7) is 2.25. The molecule has 0 aliphatic carbocycles. The molecular weight excluding hydrogens is 306 g/mol. The Morgan fingerprint density at radius 3 is 2.62 bits per heavy atom. The summed E-state index contributed by atoms with van der Waals surface area (Å²) in [5.74, 6) is -0.106. The number of nitrogens with one attached hydrogen (secondary N) is 1. The fourth-order valence-electron chi connectivity index (χ4n) is 1.71. The molecule has 7 heteroatoms. The number of nitrogens with zero attached hydrogens (tertiary/aromatic N) is 2. The van der Waals surface area contributed by atoms with E-state index in [-0.39, 0.29) is 12.3 Å². The lowest BCUT2D eigenvalue weighted by Crippen LogP contribution is -2.24. The summed E-state index contributed by atoms with van der Waals surface area (Å²) in [6.07, 6.45) is 2.67. The molecule has 2 aromatic rings. The molecule has 0 saturated carbocycles. The number of hydrogen-bond acceptors (Lipinski definition) is 5. The van der Waals surface area contributed by atoms with Crippen LogP contribution in [-0.4, -0.2) is 13.4 Å². The Bertz CT molecular complexity index is 743. The summed E-state index contributed by atoms with van der Waals surface area (Å²) < 4.78 is 26.6. The van der Waals surface area contributed by atoms with Crippen molar-refractivity contribution in [3.8, 4) is 6.07 Å². The first kappa shape index (κ1) is 15.6. The van der Waals surface area contributed by atoms with Crippen LogP contribution in [-0.2, 0) is 28.7 Å². The van der Waals surface area contributed by atoms with Gasteiger partial charge in [0.2, 0.25) is 10.0 Å². The topological polar surface area (TPSA) is 82.8 Å². The standard InChI is InChI=1S/C14H15N3O2S2/c1-2-13-8-16-14(20-13)9-17-21(18,19)10-12-5-3-11(7-15)4-6-12/h3-6,8,17H,2,9-10H2,1H3. The highest BCUT2D eigenvalue weighted by Gasteiger charge is 2.12. The zero-order chi connectivity index (χ0) is 15.3. The molecule has 0 bridgehead atoms. The summed E-state index contributed by atoms with van der Waals surface area (Å²) in [6, 6.07) is 8.52. The molecule has 0 aliphatic rings. The van der Waals surface area contributed by atoms with E-state index >= 15 is 0 Å². The Balaban J connectivity index is 1.96. The van der Waals surface area contributed by atoms with E-state index in [1.165, 1.54) is 11.3 Å². The Hall–Kier alpha value is -1.75. The van der Waals surface area contributed by atoms with E-state index in [2.05, 4.69) is 9.71 Å². The van der Waals surface area contributed by atoms with Crippen molar-refractivity contribution in [1.82, 2.24) is 9.71 Å². The second-order valence-corrected chi connectivity index (χ2v) is 7.47. The van der Waals surface area contributed by atoms with Crippen LogP contribution in [0.1, 0.15) is 27.9 Å². The number of sulfonamides is 1. The Kier molecular flexibility index (Phi) is 5.07. The van der Waals surface area contributed by atoms with E-state index in [0.29, 0.717) is 11.1 Å². The van der Waals surface area contributed by atoms with Gasteiger partial charge in [0.25, 0.3) is 0 Å². The quantitative estimate of drug-likeness (QED) is 0.884. The summed E-state index contributed by atoms with van der Waals surface area (Å²) in [7, 11) is -3.42. The number of rotatable bonds is 6. The predicted octanol–water partition coefficient (Wildman–Crippen LogP) is 2.20. The average molecular weight is 321 g/mol. The van der Waals surface area contributed by atoms with E-state index in [0.717, 1.165) is 16.3 Å². The monoisotopic (exact) mass is 321 g/mol. The summed E-state index contributed by atoms with van der Waals surface area (Å²) in [5, 5.41) is 9.47. The van der Waals surface area contributed by atoms with E-state index in [1.807, 2.05) is 13.0 Å². The minimum absolute atomic E-state index is 0.106. The van der Waals surface area contributed by atoms with Gasteiger partial charge in [-0.15, -0.1) is 11.3 Å². The maximum absolute atomic E-state index is 12.0. The van der Waals surface area contributed by atoms with Gasteiger partial charge in [-0.05, 0) is 24.1 Å². The predicted molar refractivity (Wildman–Crippen MR) is 82.1 cm³/mol. The fourth-order valence-corrected chi connectivity index (χ4v) is 3.69. The molecule has 0 aliphatic heterocycles. The van der Waals surface area contributed by atoms with Crippen LogP contribution in [0.25, 0.3) is 0 Å². The van der Waals surface area contributed by atoms with E-state index in [1.54, 1.807) is 30.5 Å². The maximum atomic E-state index is 12.0. The van der Waals surface area contributed by atoms with Gasteiger partial charge in [-0.25, -0.2) is 18.1 Å². The van der Waals surface area contributed by atoms with Crippen molar-refractivity contribution < 1.29 is 8.42 Å². The van der Waals surface area contributed by atoms with Gasteiger partial charge in [-0.1, -0.05) is 19.1 Å². The van der Waals surface area contributed by atoms with Gasteiger partial charge in [0, 0.05) is 11.1 Å². The van der Waals surface area contributed by atoms with Crippen LogP contribution < -0.4 is 4.72 Å². The molecule has 1 heterocycles. The zero-order valence-electron chi connectivity index (χ0n) is 11.5. The van der Waals surface area contributed by atoms with Crippen LogP contribution in [0.5, 0.6) is 0 Å². The highest BCUT2D eigenvalue weighted by atomic mass is 32.2. The number of aryl methyl sites for hydroxylation is 1. The van der Waals surface area contributed by atoms with Gasteiger partial charge in [-0.2, -0.15) is 5.26 Å². The normalized spacial score (nSPS) is 11.2. The lowest BCUT2D eigenvalue weighted by Gasteiger charge is -2.05. The number of aromatic nitrogens is 1. The molecule has 0 fully saturated rings. The molecule has 0 atom stereocenters. The first-order valence-corrected chi connectivity index (χ1v) is 8.89. The van der Waals surface area contributed by atoms with Crippen LogP contribution in [0.3, 0.4) is 0 Å². The summed E-state index contributed by atoms with van der Waals surface area (Å²) in [5.41, 5.74) is 1.16. The molecule has 0 unspecified atom stereocenters. The van der Waals surface area contributed by atoms with Crippen molar-refractivity contribution in [2.45, 2.75) is 25.6 Å². The third-order valence-corrected chi connectivity index (χ3v) is 5.27. The highest BCUT2D eigenvalue weighted by Crippen LogP contribution is 2.14. The number of thiazole rings is 1. The van der Waals surface area contributed by atoms with Crippen LogP contribution in [0.15, 0.2) is 30.5 Å². The molecule has 0 radical (unpaired) electrons.